The zero-order chi connectivity index (χ0) is 12.2. The Labute approximate surface area is 94.8 Å². The van der Waals surface area contributed by atoms with Crippen molar-refractivity contribution in [3.05, 3.63) is 35.4 Å². The van der Waals surface area contributed by atoms with Crippen LogP contribution in [0, 0.1) is 11.6 Å². The van der Waals surface area contributed by atoms with Gasteiger partial charge >= 0.3 is 0 Å². The summed E-state index contributed by atoms with van der Waals surface area (Å²) < 4.78 is 26.2. The van der Waals surface area contributed by atoms with Crippen LogP contribution in [-0.2, 0) is 6.54 Å². The number of hydrogen-bond donors (Lipinski definition) is 2. The van der Waals surface area contributed by atoms with Crippen LogP contribution in [0.3, 0.4) is 0 Å². The molecule has 0 heterocycles. The Morgan fingerprint density at radius 2 is 2.00 bits per heavy atom. The first-order chi connectivity index (χ1) is 7.44. The lowest BCUT2D eigenvalue weighted by Gasteiger charge is -2.25. The first kappa shape index (κ1) is 13.1. The Balaban J connectivity index is 2.63. The molecule has 90 valence electrons. The highest BCUT2D eigenvalue weighted by atomic mass is 19.1. The van der Waals surface area contributed by atoms with Gasteiger partial charge in [-0.25, -0.2) is 8.78 Å². The third-order valence-corrected chi connectivity index (χ3v) is 2.53. The largest absolute Gasteiger partial charge is 0.330 e. The van der Waals surface area contributed by atoms with E-state index in [-0.39, 0.29) is 5.54 Å². The zero-order valence-corrected chi connectivity index (χ0v) is 9.69. The molecule has 0 saturated heterocycles. The molecule has 0 aliphatic heterocycles. The average Bonchev–Trinajstić information content (AvgIpc) is 2.19. The molecule has 0 atom stereocenters. The molecule has 0 fully saturated rings. The Hall–Kier alpha value is -1.00. The average molecular weight is 228 g/mol. The van der Waals surface area contributed by atoms with Gasteiger partial charge in [0.1, 0.15) is 11.6 Å². The lowest BCUT2D eigenvalue weighted by atomic mass is 10.0. The van der Waals surface area contributed by atoms with Gasteiger partial charge in [-0.05, 0) is 45.0 Å². The van der Waals surface area contributed by atoms with Gasteiger partial charge in [-0.3, -0.25) is 0 Å². The van der Waals surface area contributed by atoms with Gasteiger partial charge in [-0.2, -0.15) is 0 Å². The topological polar surface area (TPSA) is 38.0 Å². The van der Waals surface area contributed by atoms with Crippen molar-refractivity contribution in [1.82, 2.24) is 5.32 Å². The van der Waals surface area contributed by atoms with E-state index in [0.717, 1.165) is 18.6 Å². The Morgan fingerprint density at radius 1 is 1.31 bits per heavy atom. The van der Waals surface area contributed by atoms with E-state index in [4.69, 9.17) is 5.73 Å². The number of benzene rings is 1. The number of nitrogens with one attached hydrogen (secondary N) is 1. The van der Waals surface area contributed by atoms with Crippen LogP contribution in [0.1, 0.15) is 25.8 Å². The maximum absolute atomic E-state index is 13.3. The van der Waals surface area contributed by atoms with Crippen molar-refractivity contribution in [2.75, 3.05) is 6.54 Å². The standard InChI is InChI=1S/C12H18F2N2/c1-12(2,5-6-15)16-8-9-7-10(13)3-4-11(9)14/h3-4,7,16H,5-6,8,15H2,1-2H3. The Morgan fingerprint density at radius 3 is 2.62 bits per heavy atom. The molecule has 0 unspecified atom stereocenters. The van der Waals surface area contributed by atoms with E-state index in [2.05, 4.69) is 5.32 Å². The molecule has 0 amide bonds. The fourth-order valence-corrected chi connectivity index (χ4v) is 1.46. The summed E-state index contributed by atoms with van der Waals surface area (Å²) in [6, 6.07) is 3.47. The molecule has 0 saturated carbocycles. The molecule has 0 aliphatic rings. The first-order valence-corrected chi connectivity index (χ1v) is 5.33. The van der Waals surface area contributed by atoms with Crippen molar-refractivity contribution in [1.29, 1.82) is 0 Å². The van der Waals surface area contributed by atoms with Crippen molar-refractivity contribution in [2.24, 2.45) is 5.73 Å². The van der Waals surface area contributed by atoms with E-state index in [0.29, 0.717) is 18.7 Å². The van der Waals surface area contributed by atoms with Gasteiger partial charge in [0, 0.05) is 17.6 Å². The third-order valence-electron chi connectivity index (χ3n) is 2.53. The smallest absolute Gasteiger partial charge is 0.127 e. The molecular weight excluding hydrogens is 210 g/mol. The molecule has 0 bridgehead atoms. The second-order valence-electron chi connectivity index (χ2n) is 4.51. The monoisotopic (exact) mass is 228 g/mol. The number of halogens is 2. The van der Waals surface area contributed by atoms with E-state index in [1.807, 2.05) is 13.8 Å². The summed E-state index contributed by atoms with van der Waals surface area (Å²) in [5.74, 6) is -0.813. The van der Waals surface area contributed by atoms with Crippen molar-refractivity contribution < 1.29 is 8.78 Å². The minimum atomic E-state index is -0.421. The zero-order valence-electron chi connectivity index (χ0n) is 9.69. The lowest BCUT2D eigenvalue weighted by Crippen LogP contribution is -2.40. The van der Waals surface area contributed by atoms with Crippen LogP contribution in [0.5, 0.6) is 0 Å². The molecule has 4 heteroatoms. The molecule has 16 heavy (non-hydrogen) atoms. The minimum Gasteiger partial charge on any atom is -0.330 e. The van der Waals surface area contributed by atoms with Gasteiger partial charge < -0.3 is 11.1 Å². The lowest BCUT2D eigenvalue weighted by molar-refractivity contribution is 0.361. The highest BCUT2D eigenvalue weighted by Crippen LogP contribution is 2.12. The first-order valence-electron chi connectivity index (χ1n) is 5.33. The van der Waals surface area contributed by atoms with Crippen LogP contribution in [0.2, 0.25) is 0 Å². The molecule has 3 N–H and O–H groups in total. The van der Waals surface area contributed by atoms with E-state index >= 15 is 0 Å². The summed E-state index contributed by atoms with van der Waals surface area (Å²) in [5.41, 5.74) is 5.63. The molecule has 0 spiro atoms. The predicted octanol–water partition coefficient (Wildman–Crippen LogP) is 2.18. The fourth-order valence-electron chi connectivity index (χ4n) is 1.46. The van der Waals surface area contributed by atoms with Crippen LogP contribution in [-0.4, -0.2) is 12.1 Å². The van der Waals surface area contributed by atoms with Gasteiger partial charge in [-0.1, -0.05) is 0 Å². The number of rotatable bonds is 5. The van der Waals surface area contributed by atoms with Gasteiger partial charge in [-0.15, -0.1) is 0 Å². The van der Waals surface area contributed by atoms with E-state index in [1.165, 1.54) is 6.07 Å². The van der Waals surface area contributed by atoms with Crippen LogP contribution in [0.4, 0.5) is 8.78 Å². The summed E-state index contributed by atoms with van der Waals surface area (Å²) in [6.45, 7) is 4.83. The van der Waals surface area contributed by atoms with Crippen LogP contribution in [0.15, 0.2) is 18.2 Å². The third kappa shape index (κ3) is 3.87. The Kier molecular flexibility index (Phi) is 4.38. The SMILES string of the molecule is CC(C)(CCN)NCc1cc(F)ccc1F. The molecular formula is C12H18F2N2. The highest BCUT2D eigenvalue weighted by molar-refractivity contribution is 5.18. The van der Waals surface area contributed by atoms with Gasteiger partial charge in [0.05, 0.1) is 0 Å². The molecule has 0 aliphatic carbocycles. The quantitative estimate of drug-likeness (QED) is 0.810. The second-order valence-corrected chi connectivity index (χ2v) is 4.51. The van der Waals surface area contributed by atoms with Crippen molar-refractivity contribution in [2.45, 2.75) is 32.4 Å². The van der Waals surface area contributed by atoms with Crippen LogP contribution < -0.4 is 11.1 Å². The molecule has 0 aromatic heterocycles. The van der Waals surface area contributed by atoms with E-state index < -0.39 is 11.6 Å². The van der Waals surface area contributed by atoms with Crippen LogP contribution in [0.25, 0.3) is 0 Å². The van der Waals surface area contributed by atoms with Crippen molar-refractivity contribution >= 4 is 0 Å². The summed E-state index contributed by atoms with van der Waals surface area (Å²) in [4.78, 5) is 0. The van der Waals surface area contributed by atoms with Gasteiger partial charge in [0.15, 0.2) is 0 Å². The van der Waals surface area contributed by atoms with Crippen molar-refractivity contribution in [3.63, 3.8) is 0 Å². The highest BCUT2D eigenvalue weighted by Gasteiger charge is 2.16. The molecule has 2 nitrogen and oxygen atoms in total. The number of hydrogen-bond acceptors (Lipinski definition) is 2. The molecule has 0 radical (unpaired) electrons. The van der Waals surface area contributed by atoms with Gasteiger partial charge in [0.25, 0.3) is 0 Å². The summed E-state index contributed by atoms with van der Waals surface area (Å²) in [7, 11) is 0. The summed E-state index contributed by atoms with van der Waals surface area (Å²) in [6.07, 6.45) is 0.782. The fraction of sp³-hybridized carbons (Fsp3) is 0.500. The molecule has 1 aromatic carbocycles. The Bertz CT molecular complexity index is 351. The number of nitrogens with two attached hydrogens (primary N) is 1. The second kappa shape index (κ2) is 5.37. The molecule has 1 rings (SSSR count). The minimum absolute atomic E-state index is 0.173. The van der Waals surface area contributed by atoms with Gasteiger partial charge in [0.2, 0.25) is 0 Å². The summed E-state index contributed by atoms with van der Waals surface area (Å²) >= 11 is 0. The van der Waals surface area contributed by atoms with Crippen LogP contribution >= 0.6 is 0 Å². The maximum atomic E-state index is 13.3. The van der Waals surface area contributed by atoms with E-state index in [1.54, 1.807) is 0 Å². The molecule has 1 aromatic rings. The normalized spacial score (nSPS) is 11.8. The van der Waals surface area contributed by atoms with E-state index in [9.17, 15) is 8.78 Å². The summed E-state index contributed by atoms with van der Waals surface area (Å²) in [5, 5.41) is 3.16. The van der Waals surface area contributed by atoms with Crippen molar-refractivity contribution in [3.8, 4) is 0 Å². The maximum Gasteiger partial charge on any atom is 0.127 e. The predicted molar refractivity (Wildman–Crippen MR) is 60.9 cm³/mol.